The van der Waals surface area contributed by atoms with Crippen molar-refractivity contribution in [2.45, 2.75) is 16.7 Å². The number of fused-ring (bicyclic) bond motifs is 2. The summed E-state index contributed by atoms with van der Waals surface area (Å²) in [7, 11) is -4.66. The van der Waals surface area contributed by atoms with Gasteiger partial charge < -0.3 is 10.4 Å². The molecule has 12 heteroatoms. The minimum Gasteiger partial charge on any atom is -0.505 e. The van der Waals surface area contributed by atoms with Crippen LogP contribution < -0.4 is 5.32 Å². The molecule has 0 saturated carbocycles. The van der Waals surface area contributed by atoms with Gasteiger partial charge in [-0.2, -0.15) is 8.42 Å². The second-order valence-electron chi connectivity index (χ2n) is 7.04. The number of nitrogens with zero attached hydrogens (tertiary/aromatic N) is 2. The van der Waals surface area contributed by atoms with Gasteiger partial charge in [0.1, 0.15) is 16.3 Å². The lowest BCUT2D eigenvalue weighted by molar-refractivity contribution is -0.432. The molecule has 0 aromatic heterocycles. The van der Waals surface area contributed by atoms with E-state index in [2.05, 4.69) is 24.9 Å². The van der Waals surface area contributed by atoms with Crippen molar-refractivity contribution < 1.29 is 32.7 Å². The zero-order valence-corrected chi connectivity index (χ0v) is 19.3. The molecule has 4 rings (SSSR count). The number of azo groups is 1. The van der Waals surface area contributed by atoms with Crippen LogP contribution in [-0.4, -0.2) is 29.9 Å². The molecule has 0 atom stereocenters. The van der Waals surface area contributed by atoms with E-state index < -0.39 is 15.0 Å². The van der Waals surface area contributed by atoms with Crippen molar-refractivity contribution in [3.05, 3.63) is 60.7 Å². The SMILES string of the molecule is CCNc1cccc2cc(SOOO)c(N=Nc3ccc4ccccc4c3S(=O)(=O)O)c(O)c12. The van der Waals surface area contributed by atoms with Crippen LogP contribution in [0.2, 0.25) is 0 Å². The molecule has 10 nitrogen and oxygen atoms in total. The molecule has 0 aliphatic rings. The summed E-state index contributed by atoms with van der Waals surface area (Å²) in [5.41, 5.74) is 0.458. The molecule has 0 aliphatic heterocycles. The number of anilines is 1. The smallest absolute Gasteiger partial charge is 0.297 e. The highest BCUT2D eigenvalue weighted by molar-refractivity contribution is 7.94. The first kappa shape index (κ1) is 23.9. The van der Waals surface area contributed by atoms with Gasteiger partial charge >= 0.3 is 0 Å². The van der Waals surface area contributed by atoms with Crippen molar-refractivity contribution in [3.8, 4) is 5.75 Å². The summed E-state index contributed by atoms with van der Waals surface area (Å²) in [6.45, 7) is 2.51. The molecule has 0 heterocycles. The predicted molar refractivity (Wildman–Crippen MR) is 128 cm³/mol. The van der Waals surface area contributed by atoms with E-state index >= 15 is 0 Å². The molecule has 0 fully saturated rings. The summed E-state index contributed by atoms with van der Waals surface area (Å²) in [4.78, 5) is -0.183. The van der Waals surface area contributed by atoms with Gasteiger partial charge in [0.2, 0.25) is 0 Å². The van der Waals surface area contributed by atoms with E-state index in [1.54, 1.807) is 54.6 Å². The Morgan fingerprint density at radius 1 is 1.03 bits per heavy atom. The molecule has 0 aliphatic carbocycles. The van der Waals surface area contributed by atoms with E-state index in [4.69, 9.17) is 5.26 Å². The molecular weight excluding hydrogens is 482 g/mol. The highest BCUT2D eigenvalue weighted by Crippen LogP contribution is 2.46. The number of rotatable bonds is 8. The highest BCUT2D eigenvalue weighted by Gasteiger charge is 2.21. The second-order valence-corrected chi connectivity index (χ2v) is 9.14. The molecule has 0 bridgehead atoms. The van der Waals surface area contributed by atoms with Crippen LogP contribution in [0.5, 0.6) is 5.75 Å². The van der Waals surface area contributed by atoms with Crippen LogP contribution in [0.1, 0.15) is 6.92 Å². The summed E-state index contributed by atoms with van der Waals surface area (Å²) in [6.07, 6.45) is 0. The number of aromatic hydroxyl groups is 1. The molecule has 0 spiro atoms. The first-order chi connectivity index (χ1) is 16.3. The van der Waals surface area contributed by atoms with Crippen LogP contribution >= 0.6 is 12.0 Å². The van der Waals surface area contributed by atoms with E-state index in [-0.39, 0.29) is 27.4 Å². The van der Waals surface area contributed by atoms with Gasteiger partial charge in [-0.25, -0.2) is 5.26 Å². The van der Waals surface area contributed by atoms with E-state index in [1.807, 2.05) is 6.92 Å². The first-order valence-corrected chi connectivity index (χ1v) is 12.1. The zero-order valence-electron chi connectivity index (χ0n) is 17.7. The van der Waals surface area contributed by atoms with Crippen molar-refractivity contribution in [1.29, 1.82) is 0 Å². The average molecular weight is 502 g/mol. The monoisotopic (exact) mass is 501 g/mol. The standard InChI is InChI=1S/C22H19N3O7S2/c1-2-23-16-9-5-7-14-12-18(33-32-31-27)20(21(26)19(14)16)25-24-17-11-10-13-6-3-4-8-15(13)22(17)34(28,29)30/h3-12,23,26-27H,2H2,1H3,(H,28,29,30). The maximum atomic E-state index is 12.2. The Morgan fingerprint density at radius 2 is 1.79 bits per heavy atom. The lowest BCUT2D eigenvalue weighted by Gasteiger charge is -2.13. The van der Waals surface area contributed by atoms with Gasteiger partial charge in [-0.15, -0.1) is 14.6 Å². The van der Waals surface area contributed by atoms with E-state index in [0.29, 0.717) is 40.4 Å². The summed E-state index contributed by atoms with van der Waals surface area (Å²) in [5.74, 6) is -0.254. The largest absolute Gasteiger partial charge is 0.505 e. The van der Waals surface area contributed by atoms with Gasteiger partial charge in [-0.3, -0.25) is 4.55 Å². The van der Waals surface area contributed by atoms with E-state index in [1.165, 1.54) is 6.07 Å². The van der Waals surface area contributed by atoms with Crippen LogP contribution in [0, 0.1) is 0 Å². The minimum atomic E-state index is -4.66. The van der Waals surface area contributed by atoms with Gasteiger partial charge in [0, 0.05) is 23.0 Å². The van der Waals surface area contributed by atoms with Gasteiger partial charge in [-0.1, -0.05) is 47.5 Å². The van der Waals surface area contributed by atoms with Crippen LogP contribution in [-0.2, 0) is 19.5 Å². The molecule has 34 heavy (non-hydrogen) atoms. The van der Waals surface area contributed by atoms with Crippen LogP contribution in [0.3, 0.4) is 0 Å². The highest BCUT2D eigenvalue weighted by atomic mass is 32.2. The lowest BCUT2D eigenvalue weighted by atomic mass is 10.1. The normalized spacial score (nSPS) is 12.1. The number of phenols is 1. The summed E-state index contributed by atoms with van der Waals surface area (Å²) in [6, 6.07) is 16.6. The Hall–Kier alpha value is -3.26. The Morgan fingerprint density at radius 3 is 2.53 bits per heavy atom. The zero-order chi connectivity index (χ0) is 24.3. The lowest BCUT2D eigenvalue weighted by Crippen LogP contribution is -1.99. The van der Waals surface area contributed by atoms with Crippen molar-refractivity contribution in [2.75, 3.05) is 11.9 Å². The van der Waals surface area contributed by atoms with Crippen molar-refractivity contribution in [3.63, 3.8) is 0 Å². The summed E-state index contributed by atoms with van der Waals surface area (Å²) in [5, 5.41) is 36.6. The predicted octanol–water partition coefficient (Wildman–Crippen LogP) is 6.22. The quantitative estimate of drug-likeness (QED) is 0.0725. The third-order valence-electron chi connectivity index (χ3n) is 4.97. The fraction of sp³-hybridized carbons (Fsp3) is 0.0909. The fourth-order valence-corrected chi connectivity index (χ4v) is 4.97. The fourth-order valence-electron chi connectivity index (χ4n) is 3.63. The Bertz CT molecular complexity index is 1510. The van der Waals surface area contributed by atoms with Crippen LogP contribution in [0.25, 0.3) is 21.5 Å². The van der Waals surface area contributed by atoms with E-state index in [0.717, 1.165) is 0 Å². The Kier molecular flexibility index (Phi) is 6.97. The minimum absolute atomic E-state index is 0.0608. The van der Waals surface area contributed by atoms with Crippen molar-refractivity contribution >= 4 is 60.8 Å². The van der Waals surface area contributed by atoms with Crippen LogP contribution in [0.15, 0.2) is 80.7 Å². The van der Waals surface area contributed by atoms with Gasteiger partial charge in [0.05, 0.1) is 16.9 Å². The molecule has 0 unspecified atom stereocenters. The number of hydrogen-bond donors (Lipinski definition) is 4. The maximum Gasteiger partial charge on any atom is 0.297 e. The summed E-state index contributed by atoms with van der Waals surface area (Å²) < 4.78 is 38.8. The van der Waals surface area contributed by atoms with E-state index in [9.17, 15) is 18.1 Å². The number of phenolic OH excluding ortho intramolecular Hbond substituents is 1. The Balaban J connectivity index is 1.94. The number of hydrogen-bond acceptors (Lipinski definition) is 10. The van der Waals surface area contributed by atoms with Crippen molar-refractivity contribution in [1.82, 2.24) is 0 Å². The number of nitrogens with one attached hydrogen (secondary N) is 1. The maximum absolute atomic E-state index is 12.2. The van der Waals surface area contributed by atoms with Gasteiger partial charge in [0.25, 0.3) is 10.1 Å². The molecule has 0 saturated heterocycles. The van der Waals surface area contributed by atoms with Gasteiger partial charge in [-0.05, 0) is 35.9 Å². The van der Waals surface area contributed by atoms with Crippen molar-refractivity contribution in [2.24, 2.45) is 10.2 Å². The molecule has 0 radical (unpaired) electrons. The van der Waals surface area contributed by atoms with Gasteiger partial charge in [0.15, 0.2) is 5.75 Å². The molecule has 176 valence electrons. The molecule has 0 amide bonds. The van der Waals surface area contributed by atoms with Crippen LogP contribution in [0.4, 0.5) is 17.1 Å². The molecular formula is C22H19N3O7S2. The molecule has 4 N–H and O–H groups in total. The number of benzene rings is 4. The Labute approximate surface area is 198 Å². The molecule has 4 aromatic rings. The topological polar surface area (TPSA) is 150 Å². The third kappa shape index (κ3) is 4.68. The molecule has 4 aromatic carbocycles. The first-order valence-electron chi connectivity index (χ1n) is 9.93. The second kappa shape index (κ2) is 9.93. The third-order valence-corrected chi connectivity index (χ3v) is 6.54. The summed E-state index contributed by atoms with van der Waals surface area (Å²) >= 11 is 0.569. The average Bonchev–Trinajstić information content (AvgIpc) is 2.81.